The second-order valence-electron chi connectivity index (χ2n) is 5.65. The van der Waals surface area contributed by atoms with Crippen molar-refractivity contribution in [2.75, 3.05) is 26.2 Å². The van der Waals surface area contributed by atoms with Gasteiger partial charge in [-0.15, -0.1) is 24.8 Å². The Balaban J connectivity index is 0.00000264. The standard InChI is InChI=1S/C16H22F4N2.2ClH/c1-2-3-7-14(22-10-8-21-9-11-22)12-5-4-6-13(15(12)17)16(18,19)20;;/h4-6,14,21H,2-3,7-11H2,1H3;2*1H/t14-;;/m0../s1. The minimum atomic E-state index is -4.65. The molecule has 0 unspecified atom stereocenters. The molecule has 0 bridgehead atoms. The van der Waals surface area contributed by atoms with E-state index in [1.165, 1.54) is 12.1 Å². The van der Waals surface area contributed by atoms with E-state index in [1.807, 2.05) is 6.92 Å². The minimum Gasteiger partial charge on any atom is -0.314 e. The molecular formula is C16H24Cl2F4N2. The summed E-state index contributed by atoms with van der Waals surface area (Å²) < 4.78 is 53.2. The van der Waals surface area contributed by atoms with Crippen LogP contribution in [0.2, 0.25) is 0 Å². The van der Waals surface area contributed by atoms with E-state index >= 15 is 0 Å². The Morgan fingerprint density at radius 1 is 1.17 bits per heavy atom. The lowest BCUT2D eigenvalue weighted by molar-refractivity contribution is -0.140. The maximum Gasteiger partial charge on any atom is 0.419 e. The normalized spacial score (nSPS) is 16.9. The lowest BCUT2D eigenvalue weighted by atomic mass is 9.96. The first-order valence-corrected chi connectivity index (χ1v) is 7.75. The topological polar surface area (TPSA) is 15.3 Å². The lowest BCUT2D eigenvalue weighted by Gasteiger charge is -2.35. The van der Waals surface area contributed by atoms with Crippen LogP contribution in [-0.2, 0) is 6.18 Å². The van der Waals surface area contributed by atoms with Crippen LogP contribution in [0.4, 0.5) is 17.6 Å². The van der Waals surface area contributed by atoms with Crippen molar-refractivity contribution in [3.8, 4) is 0 Å². The quantitative estimate of drug-likeness (QED) is 0.724. The van der Waals surface area contributed by atoms with Crippen molar-refractivity contribution in [3.63, 3.8) is 0 Å². The fraction of sp³-hybridized carbons (Fsp3) is 0.625. The molecule has 0 saturated carbocycles. The summed E-state index contributed by atoms with van der Waals surface area (Å²) in [5.74, 6) is -1.12. The monoisotopic (exact) mass is 390 g/mol. The highest BCUT2D eigenvalue weighted by molar-refractivity contribution is 5.85. The molecule has 1 atom stereocenters. The molecule has 0 aromatic heterocycles. The molecular weight excluding hydrogens is 367 g/mol. The summed E-state index contributed by atoms with van der Waals surface area (Å²) in [4.78, 5) is 2.09. The van der Waals surface area contributed by atoms with E-state index in [-0.39, 0.29) is 36.4 Å². The van der Waals surface area contributed by atoms with E-state index < -0.39 is 17.6 Å². The van der Waals surface area contributed by atoms with Gasteiger partial charge in [0.15, 0.2) is 0 Å². The zero-order valence-corrected chi connectivity index (χ0v) is 15.2. The van der Waals surface area contributed by atoms with Crippen LogP contribution in [0.25, 0.3) is 0 Å². The Kier molecular flexibility index (Phi) is 10.2. The molecule has 1 aliphatic rings. The average Bonchev–Trinajstić information content (AvgIpc) is 2.49. The van der Waals surface area contributed by atoms with Crippen LogP contribution in [0.1, 0.15) is 43.4 Å². The number of halogens is 6. The number of hydrogen-bond acceptors (Lipinski definition) is 2. The summed E-state index contributed by atoms with van der Waals surface area (Å²) >= 11 is 0. The van der Waals surface area contributed by atoms with Crippen molar-refractivity contribution < 1.29 is 17.6 Å². The zero-order chi connectivity index (χ0) is 16.2. The van der Waals surface area contributed by atoms with E-state index in [0.717, 1.165) is 45.1 Å². The number of nitrogens with zero attached hydrogens (tertiary/aromatic N) is 1. The molecule has 140 valence electrons. The van der Waals surface area contributed by atoms with Gasteiger partial charge in [-0.3, -0.25) is 4.90 Å². The van der Waals surface area contributed by atoms with Crippen LogP contribution in [0.15, 0.2) is 18.2 Å². The van der Waals surface area contributed by atoms with Gasteiger partial charge in [-0.1, -0.05) is 31.9 Å². The molecule has 8 heteroatoms. The van der Waals surface area contributed by atoms with E-state index in [1.54, 1.807) is 0 Å². The Hall–Kier alpha value is -0.560. The summed E-state index contributed by atoms with van der Waals surface area (Å²) in [5.41, 5.74) is -0.994. The van der Waals surface area contributed by atoms with Crippen molar-refractivity contribution in [3.05, 3.63) is 35.1 Å². The van der Waals surface area contributed by atoms with Crippen LogP contribution >= 0.6 is 24.8 Å². The Labute approximate surface area is 152 Å². The van der Waals surface area contributed by atoms with Gasteiger partial charge in [0.05, 0.1) is 5.56 Å². The average molecular weight is 391 g/mol. The number of piperazine rings is 1. The highest BCUT2D eigenvalue weighted by atomic mass is 35.5. The molecule has 1 N–H and O–H groups in total. The SMILES string of the molecule is CCCC[C@@H](c1cccc(C(F)(F)F)c1F)N1CCNCC1.Cl.Cl. The van der Waals surface area contributed by atoms with Gasteiger partial charge in [0.1, 0.15) is 5.82 Å². The third-order valence-electron chi connectivity index (χ3n) is 4.12. The van der Waals surface area contributed by atoms with Crippen LogP contribution in [-0.4, -0.2) is 31.1 Å². The maximum atomic E-state index is 14.4. The smallest absolute Gasteiger partial charge is 0.314 e. The van der Waals surface area contributed by atoms with E-state index in [0.29, 0.717) is 6.42 Å². The highest BCUT2D eigenvalue weighted by Gasteiger charge is 2.36. The van der Waals surface area contributed by atoms with Gasteiger partial charge in [0, 0.05) is 37.8 Å². The summed E-state index contributed by atoms with van der Waals surface area (Å²) in [6.07, 6.45) is -2.18. The number of benzene rings is 1. The van der Waals surface area contributed by atoms with Gasteiger partial charge in [-0.2, -0.15) is 13.2 Å². The first kappa shape index (κ1) is 23.4. The number of alkyl halides is 3. The zero-order valence-electron chi connectivity index (χ0n) is 13.5. The molecule has 1 aliphatic heterocycles. The first-order valence-electron chi connectivity index (χ1n) is 7.75. The predicted molar refractivity (Wildman–Crippen MR) is 92.6 cm³/mol. The van der Waals surface area contributed by atoms with Crippen LogP contribution in [0, 0.1) is 5.82 Å². The Morgan fingerprint density at radius 3 is 2.33 bits per heavy atom. The van der Waals surface area contributed by atoms with Gasteiger partial charge in [-0.25, -0.2) is 4.39 Å². The van der Waals surface area contributed by atoms with Gasteiger partial charge in [-0.05, 0) is 12.5 Å². The minimum absolute atomic E-state index is 0. The van der Waals surface area contributed by atoms with Crippen molar-refractivity contribution in [1.82, 2.24) is 10.2 Å². The summed E-state index contributed by atoms with van der Waals surface area (Å²) in [6, 6.07) is 3.33. The number of rotatable bonds is 5. The number of nitrogens with one attached hydrogen (secondary N) is 1. The van der Waals surface area contributed by atoms with Crippen LogP contribution in [0.3, 0.4) is 0 Å². The summed E-state index contributed by atoms with van der Waals surface area (Å²) in [7, 11) is 0. The Bertz CT molecular complexity index is 491. The van der Waals surface area contributed by atoms with Crippen LogP contribution < -0.4 is 5.32 Å². The Morgan fingerprint density at radius 2 is 1.79 bits per heavy atom. The highest BCUT2D eigenvalue weighted by Crippen LogP contribution is 2.36. The van der Waals surface area contributed by atoms with Crippen molar-refractivity contribution in [2.45, 2.75) is 38.4 Å². The molecule has 2 nitrogen and oxygen atoms in total. The second-order valence-corrected chi connectivity index (χ2v) is 5.65. The molecule has 0 amide bonds. The van der Waals surface area contributed by atoms with Gasteiger partial charge in [0.25, 0.3) is 0 Å². The molecule has 1 heterocycles. The largest absolute Gasteiger partial charge is 0.419 e. The van der Waals surface area contributed by atoms with Gasteiger partial charge in [0.2, 0.25) is 0 Å². The molecule has 1 fully saturated rings. The molecule has 0 radical (unpaired) electrons. The predicted octanol–water partition coefficient (Wildman–Crippen LogP) is 4.82. The first-order chi connectivity index (χ1) is 10.4. The molecule has 24 heavy (non-hydrogen) atoms. The number of hydrogen-bond donors (Lipinski definition) is 1. The lowest BCUT2D eigenvalue weighted by Crippen LogP contribution is -2.45. The van der Waals surface area contributed by atoms with Crippen LogP contribution in [0.5, 0.6) is 0 Å². The molecule has 2 rings (SSSR count). The molecule has 1 aromatic carbocycles. The summed E-state index contributed by atoms with van der Waals surface area (Å²) in [5, 5.41) is 3.21. The van der Waals surface area contributed by atoms with Crippen molar-refractivity contribution in [1.29, 1.82) is 0 Å². The summed E-state index contributed by atoms with van der Waals surface area (Å²) in [6.45, 7) is 5.04. The molecule has 0 aliphatic carbocycles. The second kappa shape index (κ2) is 10.4. The van der Waals surface area contributed by atoms with Crippen molar-refractivity contribution in [2.24, 2.45) is 0 Å². The number of unbranched alkanes of at least 4 members (excludes halogenated alkanes) is 1. The molecule has 1 aromatic rings. The third kappa shape index (κ3) is 5.76. The van der Waals surface area contributed by atoms with E-state index in [9.17, 15) is 17.6 Å². The van der Waals surface area contributed by atoms with Gasteiger partial charge < -0.3 is 5.32 Å². The fourth-order valence-corrected chi connectivity index (χ4v) is 2.95. The molecule has 0 spiro atoms. The molecule has 1 saturated heterocycles. The van der Waals surface area contributed by atoms with Crippen molar-refractivity contribution >= 4 is 24.8 Å². The van der Waals surface area contributed by atoms with E-state index in [4.69, 9.17) is 0 Å². The fourth-order valence-electron chi connectivity index (χ4n) is 2.95. The third-order valence-corrected chi connectivity index (χ3v) is 4.12. The van der Waals surface area contributed by atoms with E-state index in [2.05, 4.69) is 10.2 Å². The van der Waals surface area contributed by atoms with Gasteiger partial charge >= 0.3 is 6.18 Å². The maximum absolute atomic E-state index is 14.4.